The summed E-state index contributed by atoms with van der Waals surface area (Å²) < 4.78 is 14.8. The Balaban J connectivity index is 2.08. The van der Waals surface area contributed by atoms with E-state index in [2.05, 4.69) is 10.1 Å². The third-order valence-corrected chi connectivity index (χ3v) is 3.03. The number of benzene rings is 1. The lowest BCUT2D eigenvalue weighted by atomic mass is 10.2. The van der Waals surface area contributed by atoms with Gasteiger partial charge in [0.1, 0.15) is 11.5 Å². The van der Waals surface area contributed by atoms with E-state index in [0.29, 0.717) is 22.0 Å². The van der Waals surface area contributed by atoms with Gasteiger partial charge in [0.2, 0.25) is 0 Å². The van der Waals surface area contributed by atoms with E-state index in [1.165, 1.54) is 12.3 Å². The molecule has 4 nitrogen and oxygen atoms in total. The predicted molar refractivity (Wildman–Crippen MR) is 76.2 cm³/mol. The number of aromatic nitrogens is 3. The van der Waals surface area contributed by atoms with Gasteiger partial charge in [0.05, 0.1) is 23.8 Å². The van der Waals surface area contributed by atoms with Crippen molar-refractivity contribution in [2.24, 2.45) is 0 Å². The molecule has 0 fully saturated rings. The Labute approximate surface area is 119 Å². The van der Waals surface area contributed by atoms with Gasteiger partial charge in [0.25, 0.3) is 0 Å². The summed E-state index contributed by atoms with van der Waals surface area (Å²) in [6.07, 6.45) is 4.31. The lowest BCUT2D eigenvalue weighted by Gasteiger charge is -2.01. The molecule has 0 spiro atoms. The molecule has 0 bridgehead atoms. The standard InChI is InChI=1S/C14H10ClFN4/c15-10-2-1-3-12(5-10)20-8-13(17)14(19-20)9-4-11(16)7-18-6-9/h1-8H,17H2. The first-order chi connectivity index (χ1) is 9.63. The first kappa shape index (κ1) is 12.6. The maximum absolute atomic E-state index is 13.2. The van der Waals surface area contributed by atoms with Crippen molar-refractivity contribution in [3.63, 3.8) is 0 Å². The average Bonchev–Trinajstić information content (AvgIpc) is 2.81. The molecule has 0 saturated carbocycles. The summed E-state index contributed by atoms with van der Waals surface area (Å²) in [4.78, 5) is 3.80. The van der Waals surface area contributed by atoms with E-state index in [4.69, 9.17) is 17.3 Å². The van der Waals surface area contributed by atoms with Crippen molar-refractivity contribution in [1.82, 2.24) is 14.8 Å². The fourth-order valence-corrected chi connectivity index (χ4v) is 2.09. The Morgan fingerprint density at radius 3 is 2.80 bits per heavy atom. The van der Waals surface area contributed by atoms with Crippen LogP contribution in [0.15, 0.2) is 48.9 Å². The van der Waals surface area contributed by atoms with Gasteiger partial charge in [0.15, 0.2) is 0 Å². The summed E-state index contributed by atoms with van der Waals surface area (Å²) >= 11 is 5.95. The molecule has 0 saturated heterocycles. The molecular formula is C14H10ClFN4. The maximum Gasteiger partial charge on any atom is 0.142 e. The van der Waals surface area contributed by atoms with E-state index in [0.717, 1.165) is 11.9 Å². The Morgan fingerprint density at radius 2 is 2.05 bits per heavy atom. The highest BCUT2D eigenvalue weighted by Crippen LogP contribution is 2.25. The third-order valence-electron chi connectivity index (χ3n) is 2.79. The van der Waals surface area contributed by atoms with E-state index in [1.54, 1.807) is 23.0 Å². The van der Waals surface area contributed by atoms with Gasteiger partial charge in [-0.2, -0.15) is 5.10 Å². The quantitative estimate of drug-likeness (QED) is 0.787. The smallest absolute Gasteiger partial charge is 0.142 e. The number of hydrogen-bond acceptors (Lipinski definition) is 3. The van der Waals surface area contributed by atoms with Crippen LogP contribution in [0.25, 0.3) is 16.9 Å². The van der Waals surface area contributed by atoms with Gasteiger partial charge in [-0.25, -0.2) is 9.07 Å². The summed E-state index contributed by atoms with van der Waals surface area (Å²) in [5.74, 6) is -0.431. The van der Waals surface area contributed by atoms with E-state index < -0.39 is 5.82 Å². The highest BCUT2D eigenvalue weighted by Gasteiger charge is 2.11. The molecule has 6 heteroatoms. The van der Waals surface area contributed by atoms with Crippen LogP contribution in [0.5, 0.6) is 0 Å². The third kappa shape index (κ3) is 2.35. The average molecular weight is 289 g/mol. The number of nitrogens with zero attached hydrogens (tertiary/aromatic N) is 3. The van der Waals surface area contributed by atoms with Crippen LogP contribution in [-0.2, 0) is 0 Å². The summed E-state index contributed by atoms with van der Waals surface area (Å²) in [7, 11) is 0. The number of hydrogen-bond donors (Lipinski definition) is 1. The number of nitrogens with two attached hydrogens (primary N) is 1. The van der Waals surface area contributed by atoms with Gasteiger partial charge in [-0.15, -0.1) is 0 Å². The summed E-state index contributed by atoms with van der Waals surface area (Å²) in [6.45, 7) is 0. The van der Waals surface area contributed by atoms with Crippen molar-refractivity contribution in [2.75, 3.05) is 5.73 Å². The Kier molecular flexibility index (Phi) is 3.12. The monoisotopic (exact) mass is 288 g/mol. The van der Waals surface area contributed by atoms with Gasteiger partial charge >= 0.3 is 0 Å². The molecule has 0 aliphatic heterocycles. The van der Waals surface area contributed by atoms with Crippen molar-refractivity contribution in [3.05, 3.63) is 59.8 Å². The topological polar surface area (TPSA) is 56.7 Å². The molecule has 2 heterocycles. The highest BCUT2D eigenvalue weighted by atomic mass is 35.5. The molecule has 3 rings (SSSR count). The van der Waals surface area contributed by atoms with Gasteiger partial charge < -0.3 is 5.73 Å². The highest BCUT2D eigenvalue weighted by molar-refractivity contribution is 6.30. The fraction of sp³-hybridized carbons (Fsp3) is 0. The second-order valence-electron chi connectivity index (χ2n) is 4.25. The lowest BCUT2D eigenvalue weighted by molar-refractivity contribution is 0.622. The van der Waals surface area contributed by atoms with E-state index >= 15 is 0 Å². The van der Waals surface area contributed by atoms with Crippen molar-refractivity contribution in [2.45, 2.75) is 0 Å². The molecule has 100 valence electrons. The molecule has 0 atom stereocenters. The SMILES string of the molecule is Nc1cn(-c2cccc(Cl)c2)nc1-c1cncc(F)c1. The first-order valence-corrected chi connectivity index (χ1v) is 6.23. The van der Waals surface area contributed by atoms with E-state index in [9.17, 15) is 4.39 Å². The molecule has 0 amide bonds. The molecular weight excluding hydrogens is 279 g/mol. The maximum atomic E-state index is 13.2. The minimum absolute atomic E-state index is 0.431. The van der Waals surface area contributed by atoms with Gasteiger partial charge in [0, 0.05) is 16.8 Å². The largest absolute Gasteiger partial charge is 0.396 e. The minimum Gasteiger partial charge on any atom is -0.396 e. The number of anilines is 1. The zero-order valence-electron chi connectivity index (χ0n) is 10.3. The summed E-state index contributed by atoms with van der Waals surface area (Å²) in [5.41, 5.74) is 8.17. The van der Waals surface area contributed by atoms with Crippen LogP contribution in [0.1, 0.15) is 0 Å². The Bertz CT molecular complexity index is 769. The number of halogens is 2. The predicted octanol–water partition coefficient (Wildman–Crippen LogP) is 3.31. The molecule has 0 aliphatic carbocycles. The van der Waals surface area contributed by atoms with E-state index in [-0.39, 0.29) is 0 Å². The van der Waals surface area contributed by atoms with Gasteiger partial charge in [-0.05, 0) is 24.3 Å². The Hall–Kier alpha value is -2.40. The number of pyridine rings is 1. The normalized spacial score (nSPS) is 10.7. The molecule has 3 aromatic rings. The summed E-state index contributed by atoms with van der Waals surface area (Å²) in [5, 5.41) is 4.96. The van der Waals surface area contributed by atoms with E-state index in [1.807, 2.05) is 12.1 Å². The van der Waals surface area contributed by atoms with Crippen molar-refractivity contribution in [1.29, 1.82) is 0 Å². The van der Waals surface area contributed by atoms with Gasteiger partial charge in [-0.3, -0.25) is 4.98 Å². The van der Waals surface area contributed by atoms with Crippen molar-refractivity contribution >= 4 is 17.3 Å². The van der Waals surface area contributed by atoms with Crippen LogP contribution in [0.3, 0.4) is 0 Å². The molecule has 2 aromatic heterocycles. The molecule has 0 aliphatic rings. The second kappa shape index (κ2) is 4.94. The molecule has 20 heavy (non-hydrogen) atoms. The van der Waals surface area contributed by atoms with Crippen LogP contribution >= 0.6 is 11.6 Å². The fourth-order valence-electron chi connectivity index (χ4n) is 1.90. The summed E-state index contributed by atoms with van der Waals surface area (Å²) in [6, 6.07) is 8.55. The molecule has 0 radical (unpaired) electrons. The van der Waals surface area contributed by atoms with Crippen molar-refractivity contribution in [3.8, 4) is 16.9 Å². The van der Waals surface area contributed by atoms with Crippen LogP contribution in [-0.4, -0.2) is 14.8 Å². The van der Waals surface area contributed by atoms with Crippen LogP contribution in [0.4, 0.5) is 10.1 Å². The minimum atomic E-state index is -0.431. The zero-order chi connectivity index (χ0) is 14.1. The Morgan fingerprint density at radius 1 is 1.20 bits per heavy atom. The van der Waals surface area contributed by atoms with Crippen molar-refractivity contribution < 1.29 is 4.39 Å². The first-order valence-electron chi connectivity index (χ1n) is 5.85. The molecule has 1 aromatic carbocycles. The van der Waals surface area contributed by atoms with Crippen LogP contribution < -0.4 is 5.73 Å². The van der Waals surface area contributed by atoms with Crippen LogP contribution in [0, 0.1) is 5.82 Å². The molecule has 0 unspecified atom stereocenters. The number of rotatable bonds is 2. The van der Waals surface area contributed by atoms with Gasteiger partial charge in [-0.1, -0.05) is 17.7 Å². The number of nitrogen functional groups attached to an aromatic ring is 1. The lowest BCUT2D eigenvalue weighted by Crippen LogP contribution is -1.94. The zero-order valence-corrected chi connectivity index (χ0v) is 11.0. The van der Waals surface area contributed by atoms with Crippen LogP contribution in [0.2, 0.25) is 5.02 Å². The second-order valence-corrected chi connectivity index (χ2v) is 4.69. The molecule has 2 N–H and O–H groups in total.